The Hall–Kier alpha value is -3.35. The van der Waals surface area contributed by atoms with Crippen molar-refractivity contribution >= 4 is 23.4 Å². The second-order valence-electron chi connectivity index (χ2n) is 6.69. The van der Waals surface area contributed by atoms with Gasteiger partial charge in [-0.1, -0.05) is 18.2 Å². The largest absolute Gasteiger partial charge is 0.484 e. The molecule has 3 amide bonds. The third-order valence-corrected chi connectivity index (χ3v) is 4.76. The number of likely N-dealkylation sites (tertiary alicyclic amines) is 1. The lowest BCUT2D eigenvalue weighted by atomic mass is 9.95. The van der Waals surface area contributed by atoms with Crippen molar-refractivity contribution in [2.45, 2.75) is 12.8 Å². The van der Waals surface area contributed by atoms with Crippen molar-refractivity contribution in [3.8, 4) is 5.75 Å². The van der Waals surface area contributed by atoms with Crippen molar-refractivity contribution < 1.29 is 19.1 Å². The van der Waals surface area contributed by atoms with Gasteiger partial charge in [0.05, 0.1) is 0 Å². The van der Waals surface area contributed by atoms with Crippen molar-refractivity contribution in [2.75, 3.05) is 25.0 Å². The summed E-state index contributed by atoms with van der Waals surface area (Å²) in [5.41, 5.74) is 6.21. The molecule has 0 atom stereocenters. The van der Waals surface area contributed by atoms with E-state index in [-0.39, 0.29) is 24.3 Å². The average molecular weight is 381 g/mol. The molecular weight excluding hydrogens is 358 g/mol. The standard InChI is InChI=1S/C21H23N3O4/c22-20(26)15-6-8-17(9-7-15)23-21(27)16-10-12-24(13-11-16)19(25)14-28-18-4-2-1-3-5-18/h1-9,16H,10-14H2,(H2,22,26)(H,23,27). The van der Waals surface area contributed by atoms with Gasteiger partial charge in [0.15, 0.2) is 6.61 Å². The molecule has 0 aromatic heterocycles. The minimum atomic E-state index is -0.508. The molecule has 1 saturated heterocycles. The molecule has 3 N–H and O–H groups in total. The zero-order valence-corrected chi connectivity index (χ0v) is 15.5. The fourth-order valence-corrected chi connectivity index (χ4v) is 3.11. The lowest BCUT2D eigenvalue weighted by Gasteiger charge is -2.31. The molecule has 2 aromatic rings. The van der Waals surface area contributed by atoms with Crippen LogP contribution in [0.1, 0.15) is 23.2 Å². The van der Waals surface area contributed by atoms with Gasteiger partial charge in [-0.25, -0.2) is 0 Å². The van der Waals surface area contributed by atoms with Crippen LogP contribution in [-0.4, -0.2) is 42.3 Å². The molecular formula is C21H23N3O4. The Bertz CT molecular complexity index is 828. The number of rotatable bonds is 6. The van der Waals surface area contributed by atoms with Gasteiger partial charge in [0, 0.05) is 30.3 Å². The highest BCUT2D eigenvalue weighted by Gasteiger charge is 2.27. The van der Waals surface area contributed by atoms with Crippen LogP contribution in [0.2, 0.25) is 0 Å². The monoisotopic (exact) mass is 381 g/mol. The molecule has 0 radical (unpaired) electrons. The highest BCUT2D eigenvalue weighted by Crippen LogP contribution is 2.20. The van der Waals surface area contributed by atoms with E-state index in [2.05, 4.69) is 5.32 Å². The second kappa shape index (κ2) is 9.03. The predicted octanol–water partition coefficient (Wildman–Crippen LogP) is 2.04. The van der Waals surface area contributed by atoms with Gasteiger partial charge in [-0.2, -0.15) is 0 Å². The number of para-hydroxylation sites is 1. The van der Waals surface area contributed by atoms with Crippen LogP contribution in [0.15, 0.2) is 54.6 Å². The quantitative estimate of drug-likeness (QED) is 0.799. The number of hydrogen-bond donors (Lipinski definition) is 2. The van der Waals surface area contributed by atoms with Crippen molar-refractivity contribution in [1.82, 2.24) is 4.90 Å². The smallest absolute Gasteiger partial charge is 0.260 e. The maximum atomic E-state index is 12.4. The Morgan fingerprint density at radius 1 is 1.00 bits per heavy atom. The summed E-state index contributed by atoms with van der Waals surface area (Å²) in [6, 6.07) is 15.7. The zero-order chi connectivity index (χ0) is 19.9. The fourth-order valence-electron chi connectivity index (χ4n) is 3.11. The van der Waals surface area contributed by atoms with Gasteiger partial charge in [-0.15, -0.1) is 0 Å². The maximum absolute atomic E-state index is 12.4. The zero-order valence-electron chi connectivity index (χ0n) is 15.5. The van der Waals surface area contributed by atoms with E-state index in [1.54, 1.807) is 41.3 Å². The second-order valence-corrected chi connectivity index (χ2v) is 6.69. The first-order chi connectivity index (χ1) is 13.5. The Kier molecular flexibility index (Phi) is 6.26. The molecule has 0 bridgehead atoms. The van der Waals surface area contributed by atoms with Crippen LogP contribution in [0.3, 0.4) is 0 Å². The fraction of sp³-hybridized carbons (Fsp3) is 0.286. The molecule has 1 heterocycles. The van der Waals surface area contributed by atoms with Crippen LogP contribution in [0, 0.1) is 5.92 Å². The first-order valence-electron chi connectivity index (χ1n) is 9.19. The summed E-state index contributed by atoms with van der Waals surface area (Å²) in [6.07, 6.45) is 1.20. The van der Waals surface area contributed by atoms with E-state index in [0.29, 0.717) is 42.9 Å². The van der Waals surface area contributed by atoms with Gasteiger partial charge in [-0.05, 0) is 49.2 Å². The van der Waals surface area contributed by atoms with E-state index in [1.165, 1.54) is 0 Å². The van der Waals surface area contributed by atoms with Crippen molar-refractivity contribution in [3.63, 3.8) is 0 Å². The van der Waals surface area contributed by atoms with Gasteiger partial charge in [0.2, 0.25) is 11.8 Å². The predicted molar refractivity (Wildman–Crippen MR) is 105 cm³/mol. The third kappa shape index (κ3) is 5.09. The average Bonchev–Trinajstić information content (AvgIpc) is 2.73. The molecule has 146 valence electrons. The van der Waals surface area contributed by atoms with E-state index in [4.69, 9.17) is 10.5 Å². The molecule has 0 unspecified atom stereocenters. The van der Waals surface area contributed by atoms with Crippen LogP contribution in [0.5, 0.6) is 5.75 Å². The number of carbonyl (C=O) groups excluding carboxylic acids is 3. The molecule has 3 rings (SSSR count). The number of piperidine rings is 1. The normalized spacial score (nSPS) is 14.4. The highest BCUT2D eigenvalue weighted by molar-refractivity contribution is 5.95. The number of amides is 3. The summed E-state index contributed by atoms with van der Waals surface area (Å²) < 4.78 is 5.50. The summed E-state index contributed by atoms with van der Waals surface area (Å²) in [7, 11) is 0. The lowest BCUT2D eigenvalue weighted by molar-refractivity contribution is -0.136. The number of anilines is 1. The maximum Gasteiger partial charge on any atom is 0.260 e. The Morgan fingerprint density at radius 3 is 2.25 bits per heavy atom. The molecule has 0 aliphatic carbocycles. The molecule has 28 heavy (non-hydrogen) atoms. The van der Waals surface area contributed by atoms with Gasteiger partial charge in [-0.3, -0.25) is 14.4 Å². The van der Waals surface area contributed by atoms with Crippen molar-refractivity contribution in [3.05, 3.63) is 60.2 Å². The SMILES string of the molecule is NC(=O)c1ccc(NC(=O)C2CCN(C(=O)COc3ccccc3)CC2)cc1. The molecule has 1 fully saturated rings. The number of nitrogens with one attached hydrogen (secondary N) is 1. The molecule has 0 saturated carbocycles. The van der Waals surface area contributed by atoms with Gasteiger partial charge in [0.1, 0.15) is 5.75 Å². The molecule has 2 aromatic carbocycles. The molecule has 7 nitrogen and oxygen atoms in total. The number of hydrogen-bond acceptors (Lipinski definition) is 4. The van der Waals surface area contributed by atoms with E-state index in [1.807, 2.05) is 18.2 Å². The summed E-state index contributed by atoms with van der Waals surface area (Å²) >= 11 is 0. The van der Waals surface area contributed by atoms with E-state index in [9.17, 15) is 14.4 Å². The lowest BCUT2D eigenvalue weighted by Crippen LogP contribution is -2.43. The first kappa shape index (κ1) is 19.4. The number of benzene rings is 2. The van der Waals surface area contributed by atoms with Crippen molar-refractivity contribution in [2.24, 2.45) is 11.7 Å². The topological polar surface area (TPSA) is 102 Å². The van der Waals surface area contributed by atoms with E-state index < -0.39 is 5.91 Å². The van der Waals surface area contributed by atoms with Gasteiger partial charge < -0.3 is 20.7 Å². The summed E-state index contributed by atoms with van der Waals surface area (Å²) in [4.78, 5) is 37.6. The van der Waals surface area contributed by atoms with Crippen LogP contribution >= 0.6 is 0 Å². The minimum Gasteiger partial charge on any atom is -0.484 e. The number of nitrogens with zero attached hydrogens (tertiary/aromatic N) is 1. The Morgan fingerprint density at radius 2 is 1.64 bits per heavy atom. The number of primary amides is 1. The summed E-state index contributed by atoms with van der Waals surface area (Å²) in [6.45, 7) is 1.04. The first-order valence-corrected chi connectivity index (χ1v) is 9.19. The molecule has 0 spiro atoms. The minimum absolute atomic E-state index is 0.00686. The summed E-state index contributed by atoms with van der Waals surface area (Å²) in [5.74, 6) is -0.169. The molecule has 1 aliphatic heterocycles. The number of carbonyl (C=O) groups is 3. The summed E-state index contributed by atoms with van der Waals surface area (Å²) in [5, 5.41) is 2.85. The van der Waals surface area contributed by atoms with Crippen LogP contribution in [0.25, 0.3) is 0 Å². The van der Waals surface area contributed by atoms with Crippen molar-refractivity contribution in [1.29, 1.82) is 0 Å². The number of nitrogens with two attached hydrogens (primary N) is 1. The molecule has 7 heteroatoms. The van der Waals surface area contributed by atoms with Gasteiger partial charge >= 0.3 is 0 Å². The van der Waals surface area contributed by atoms with Gasteiger partial charge in [0.25, 0.3) is 5.91 Å². The third-order valence-electron chi connectivity index (χ3n) is 4.76. The van der Waals surface area contributed by atoms with Crippen LogP contribution < -0.4 is 15.8 Å². The van der Waals surface area contributed by atoms with E-state index >= 15 is 0 Å². The molecule has 1 aliphatic rings. The van der Waals surface area contributed by atoms with E-state index in [0.717, 1.165) is 0 Å². The number of ether oxygens (including phenoxy) is 1. The highest BCUT2D eigenvalue weighted by atomic mass is 16.5. The van der Waals surface area contributed by atoms with Crippen LogP contribution in [-0.2, 0) is 9.59 Å². The Labute approximate surface area is 163 Å². The van der Waals surface area contributed by atoms with Crippen LogP contribution in [0.4, 0.5) is 5.69 Å². The Balaban J connectivity index is 1.44.